The maximum absolute atomic E-state index is 13.5. The molecule has 2 aromatic rings. The number of hydrogen-bond acceptors (Lipinski definition) is 3. The van der Waals surface area contributed by atoms with Crippen LogP contribution in [-0.4, -0.2) is 24.3 Å². The van der Waals surface area contributed by atoms with E-state index in [1.807, 2.05) is 32.9 Å². The molecule has 1 amide bonds. The Bertz CT molecular complexity index is 764. The molecule has 0 aliphatic carbocycles. The maximum atomic E-state index is 13.5. The number of halogens is 1. The highest BCUT2D eigenvalue weighted by atomic mass is 32.2. The Kier molecular flexibility index (Phi) is 7.51. The minimum absolute atomic E-state index is 0.143. The van der Waals surface area contributed by atoms with Crippen LogP contribution >= 0.6 is 11.8 Å². The number of rotatable bonds is 8. The van der Waals surface area contributed by atoms with Crippen molar-refractivity contribution in [1.82, 2.24) is 5.32 Å². The van der Waals surface area contributed by atoms with E-state index < -0.39 is 6.10 Å². The number of benzene rings is 2. The fourth-order valence-corrected chi connectivity index (χ4v) is 3.40. The molecule has 5 heteroatoms. The Morgan fingerprint density at radius 2 is 1.96 bits per heavy atom. The van der Waals surface area contributed by atoms with Gasteiger partial charge in [-0.25, -0.2) is 4.39 Å². The van der Waals surface area contributed by atoms with E-state index in [2.05, 4.69) is 11.4 Å². The predicted octanol–water partition coefficient (Wildman–Crippen LogP) is 4.57. The molecule has 0 spiro atoms. The van der Waals surface area contributed by atoms with Gasteiger partial charge in [-0.3, -0.25) is 4.79 Å². The monoisotopic (exact) mass is 375 g/mol. The molecule has 26 heavy (non-hydrogen) atoms. The zero-order valence-corrected chi connectivity index (χ0v) is 16.6. The van der Waals surface area contributed by atoms with E-state index in [9.17, 15) is 9.18 Å². The first kappa shape index (κ1) is 20.3. The van der Waals surface area contributed by atoms with Crippen molar-refractivity contribution in [3.8, 4) is 5.75 Å². The summed E-state index contributed by atoms with van der Waals surface area (Å²) in [6.07, 6.45) is -0.563. The summed E-state index contributed by atoms with van der Waals surface area (Å²) in [5, 5.41) is 2.87. The van der Waals surface area contributed by atoms with Gasteiger partial charge in [-0.2, -0.15) is 11.8 Å². The number of carbonyl (C=O) groups is 1. The number of nitrogens with one attached hydrogen (secondary N) is 1. The lowest BCUT2D eigenvalue weighted by Gasteiger charge is -2.18. The lowest BCUT2D eigenvalue weighted by Crippen LogP contribution is -2.37. The largest absolute Gasteiger partial charge is 0.481 e. The van der Waals surface area contributed by atoms with Crippen molar-refractivity contribution in [2.45, 2.75) is 39.6 Å². The van der Waals surface area contributed by atoms with E-state index in [0.717, 1.165) is 28.2 Å². The highest BCUT2D eigenvalue weighted by molar-refractivity contribution is 7.98. The fraction of sp³-hybridized carbons (Fsp3) is 0.381. The molecule has 0 saturated carbocycles. The van der Waals surface area contributed by atoms with Gasteiger partial charge >= 0.3 is 0 Å². The average Bonchev–Trinajstić information content (AvgIpc) is 2.60. The molecule has 1 N–H and O–H groups in total. The summed E-state index contributed by atoms with van der Waals surface area (Å²) in [4.78, 5) is 12.2. The number of amides is 1. The number of hydrogen-bond donors (Lipinski definition) is 1. The average molecular weight is 376 g/mol. The first-order valence-electron chi connectivity index (χ1n) is 8.72. The van der Waals surface area contributed by atoms with Crippen LogP contribution in [0.1, 0.15) is 29.2 Å². The predicted molar refractivity (Wildman–Crippen MR) is 106 cm³/mol. The maximum Gasteiger partial charge on any atom is 0.260 e. The van der Waals surface area contributed by atoms with Gasteiger partial charge < -0.3 is 10.1 Å². The van der Waals surface area contributed by atoms with E-state index in [0.29, 0.717) is 17.9 Å². The van der Waals surface area contributed by atoms with Crippen LogP contribution < -0.4 is 10.1 Å². The SMILES string of the molecule is Cc1cc(C)c(C)c(O[C@H](C)C(=O)NCCSCc2ccccc2F)c1. The fourth-order valence-electron chi connectivity index (χ4n) is 2.55. The van der Waals surface area contributed by atoms with Crippen LogP contribution in [0.2, 0.25) is 0 Å². The third kappa shape index (κ3) is 5.77. The minimum Gasteiger partial charge on any atom is -0.481 e. The van der Waals surface area contributed by atoms with Crippen LogP contribution in [0.15, 0.2) is 36.4 Å². The molecule has 0 unspecified atom stereocenters. The zero-order valence-electron chi connectivity index (χ0n) is 15.8. The van der Waals surface area contributed by atoms with Gasteiger partial charge in [-0.15, -0.1) is 0 Å². The lowest BCUT2D eigenvalue weighted by atomic mass is 10.1. The summed E-state index contributed by atoms with van der Waals surface area (Å²) in [6, 6.07) is 10.8. The van der Waals surface area contributed by atoms with E-state index in [1.165, 1.54) is 6.07 Å². The molecular weight excluding hydrogens is 349 g/mol. The Balaban J connectivity index is 1.75. The number of carbonyl (C=O) groups excluding carboxylic acids is 1. The van der Waals surface area contributed by atoms with Gasteiger partial charge in [0.25, 0.3) is 5.91 Å². The first-order chi connectivity index (χ1) is 12.4. The Morgan fingerprint density at radius 1 is 1.23 bits per heavy atom. The van der Waals surface area contributed by atoms with Crippen LogP contribution in [0.25, 0.3) is 0 Å². The third-order valence-electron chi connectivity index (χ3n) is 4.20. The molecule has 0 aromatic heterocycles. The summed E-state index contributed by atoms with van der Waals surface area (Å²) in [5.41, 5.74) is 4.00. The molecule has 0 heterocycles. The van der Waals surface area contributed by atoms with E-state index in [1.54, 1.807) is 30.8 Å². The molecule has 0 aliphatic rings. The van der Waals surface area contributed by atoms with Crippen molar-refractivity contribution in [3.05, 3.63) is 64.5 Å². The molecule has 0 bridgehead atoms. The molecule has 140 valence electrons. The molecule has 0 fully saturated rings. The minimum atomic E-state index is -0.563. The normalized spacial score (nSPS) is 11.9. The number of ether oxygens (including phenoxy) is 1. The van der Waals surface area contributed by atoms with Gasteiger partial charge in [0, 0.05) is 18.1 Å². The molecule has 3 nitrogen and oxygen atoms in total. The number of thioether (sulfide) groups is 1. The van der Waals surface area contributed by atoms with E-state index >= 15 is 0 Å². The van der Waals surface area contributed by atoms with Crippen molar-refractivity contribution >= 4 is 17.7 Å². The molecule has 0 saturated heterocycles. The Labute approximate surface area is 159 Å². The Hall–Kier alpha value is -2.01. The van der Waals surface area contributed by atoms with Crippen molar-refractivity contribution in [2.24, 2.45) is 0 Å². The number of aryl methyl sites for hydroxylation is 2. The van der Waals surface area contributed by atoms with Crippen LogP contribution in [0.5, 0.6) is 5.75 Å². The van der Waals surface area contributed by atoms with Gasteiger partial charge in [0.2, 0.25) is 0 Å². The first-order valence-corrected chi connectivity index (χ1v) is 9.87. The molecule has 2 aromatic carbocycles. The van der Waals surface area contributed by atoms with Gasteiger partial charge in [0.05, 0.1) is 0 Å². The van der Waals surface area contributed by atoms with Crippen molar-refractivity contribution in [1.29, 1.82) is 0 Å². The summed E-state index contributed by atoms with van der Waals surface area (Å²) < 4.78 is 19.4. The molecule has 0 radical (unpaired) electrons. The Morgan fingerprint density at radius 3 is 2.69 bits per heavy atom. The molecule has 1 atom stereocenters. The second-order valence-corrected chi connectivity index (χ2v) is 7.51. The molecular formula is C21H26FNO2S. The summed E-state index contributed by atoms with van der Waals surface area (Å²) >= 11 is 1.59. The smallest absolute Gasteiger partial charge is 0.260 e. The summed E-state index contributed by atoms with van der Waals surface area (Å²) in [6.45, 7) is 8.31. The third-order valence-corrected chi connectivity index (χ3v) is 5.21. The van der Waals surface area contributed by atoms with Crippen LogP contribution in [0.4, 0.5) is 4.39 Å². The van der Waals surface area contributed by atoms with Crippen molar-refractivity contribution in [3.63, 3.8) is 0 Å². The van der Waals surface area contributed by atoms with Gasteiger partial charge in [0.1, 0.15) is 11.6 Å². The van der Waals surface area contributed by atoms with Crippen molar-refractivity contribution in [2.75, 3.05) is 12.3 Å². The lowest BCUT2D eigenvalue weighted by molar-refractivity contribution is -0.127. The van der Waals surface area contributed by atoms with Crippen LogP contribution in [-0.2, 0) is 10.5 Å². The molecule has 0 aliphatic heterocycles. The van der Waals surface area contributed by atoms with Crippen LogP contribution in [0.3, 0.4) is 0 Å². The highest BCUT2D eigenvalue weighted by Gasteiger charge is 2.16. The zero-order chi connectivity index (χ0) is 19.1. The highest BCUT2D eigenvalue weighted by Crippen LogP contribution is 2.24. The standard InChI is InChI=1S/C21H26FNO2S/c1-14-11-15(2)16(3)20(12-14)25-17(4)21(24)23-9-10-26-13-18-7-5-6-8-19(18)22/h5-8,11-12,17H,9-10,13H2,1-4H3,(H,23,24)/t17-/m1/s1. The van der Waals surface area contributed by atoms with E-state index in [4.69, 9.17) is 4.74 Å². The summed E-state index contributed by atoms with van der Waals surface area (Å²) in [5.74, 6) is 1.73. The topological polar surface area (TPSA) is 38.3 Å². The van der Waals surface area contributed by atoms with Gasteiger partial charge in [0.15, 0.2) is 6.10 Å². The second kappa shape index (κ2) is 9.62. The van der Waals surface area contributed by atoms with Crippen molar-refractivity contribution < 1.29 is 13.9 Å². The van der Waals surface area contributed by atoms with Gasteiger partial charge in [-0.05, 0) is 62.1 Å². The van der Waals surface area contributed by atoms with Gasteiger partial charge in [-0.1, -0.05) is 24.3 Å². The van der Waals surface area contributed by atoms with E-state index in [-0.39, 0.29) is 11.7 Å². The van der Waals surface area contributed by atoms with Crippen LogP contribution in [0, 0.1) is 26.6 Å². The quantitative estimate of drug-likeness (QED) is 0.687. The summed E-state index contributed by atoms with van der Waals surface area (Å²) in [7, 11) is 0. The molecule has 2 rings (SSSR count). The second-order valence-electron chi connectivity index (χ2n) is 6.40.